The van der Waals surface area contributed by atoms with Crippen molar-refractivity contribution >= 4 is 29.0 Å². The van der Waals surface area contributed by atoms with Gasteiger partial charge in [0, 0.05) is 24.6 Å². The predicted octanol–water partition coefficient (Wildman–Crippen LogP) is 3.23. The zero-order chi connectivity index (χ0) is 19.8. The van der Waals surface area contributed by atoms with Crippen LogP contribution in [0.3, 0.4) is 0 Å². The molecule has 7 heteroatoms. The average Bonchev–Trinajstić information content (AvgIpc) is 2.61. The highest BCUT2D eigenvalue weighted by Crippen LogP contribution is 2.22. The number of nitrogens with zero attached hydrogens (tertiary/aromatic N) is 1. The Hall–Kier alpha value is -2.70. The maximum absolute atomic E-state index is 12.6. The lowest BCUT2D eigenvalue weighted by Gasteiger charge is -2.27. The minimum absolute atomic E-state index is 0.104. The molecule has 0 bridgehead atoms. The number of hydrogen-bond acceptors (Lipinski definition) is 5. The summed E-state index contributed by atoms with van der Waals surface area (Å²) < 4.78 is 0. The quantitative estimate of drug-likeness (QED) is 0.436. The van der Waals surface area contributed by atoms with Gasteiger partial charge in [-0.1, -0.05) is 36.7 Å². The fourth-order valence-electron chi connectivity index (χ4n) is 3.15. The van der Waals surface area contributed by atoms with Crippen LogP contribution in [0.1, 0.15) is 45.1 Å². The summed E-state index contributed by atoms with van der Waals surface area (Å²) in [5.74, 6) is -1.30. The van der Waals surface area contributed by atoms with Crippen LogP contribution in [0, 0.1) is 12.8 Å². The summed E-state index contributed by atoms with van der Waals surface area (Å²) in [6.07, 6.45) is 1.51. The summed E-state index contributed by atoms with van der Waals surface area (Å²) in [7, 11) is 0. The van der Waals surface area contributed by atoms with Gasteiger partial charge in [0.15, 0.2) is 11.6 Å². The normalized spacial score (nSPS) is 20.3. The summed E-state index contributed by atoms with van der Waals surface area (Å²) in [5, 5.41) is 9.46. The number of anilines is 1. The SMILES string of the molecule is CCC/C(=N\OCC)C1C(=O)CC(NC(=O)Nc2ccccc2C)CC1=O. The highest BCUT2D eigenvalue weighted by atomic mass is 16.6. The van der Waals surface area contributed by atoms with Gasteiger partial charge in [-0.25, -0.2) is 4.79 Å². The minimum atomic E-state index is -0.853. The molecule has 146 valence electrons. The largest absolute Gasteiger partial charge is 0.396 e. The van der Waals surface area contributed by atoms with Gasteiger partial charge in [-0.05, 0) is 31.9 Å². The lowest BCUT2D eigenvalue weighted by molar-refractivity contribution is -0.133. The van der Waals surface area contributed by atoms with E-state index in [0.29, 0.717) is 24.4 Å². The number of carbonyl (C=O) groups is 3. The molecule has 1 saturated carbocycles. The van der Waals surface area contributed by atoms with Crippen molar-refractivity contribution in [2.24, 2.45) is 11.1 Å². The zero-order valence-electron chi connectivity index (χ0n) is 16.1. The third-order valence-electron chi connectivity index (χ3n) is 4.42. The van der Waals surface area contributed by atoms with Crippen LogP contribution in [0.2, 0.25) is 0 Å². The molecule has 0 heterocycles. The zero-order valence-corrected chi connectivity index (χ0v) is 16.1. The molecule has 0 atom stereocenters. The van der Waals surface area contributed by atoms with Crippen LogP contribution in [-0.2, 0) is 14.4 Å². The number of hydrogen-bond donors (Lipinski definition) is 2. The number of para-hydroxylation sites is 1. The third-order valence-corrected chi connectivity index (χ3v) is 4.42. The van der Waals surface area contributed by atoms with E-state index in [-0.39, 0.29) is 24.4 Å². The summed E-state index contributed by atoms with van der Waals surface area (Å²) in [6, 6.07) is 6.46. The van der Waals surface area contributed by atoms with Gasteiger partial charge in [0.1, 0.15) is 12.5 Å². The Labute approximate surface area is 159 Å². The molecule has 0 unspecified atom stereocenters. The minimum Gasteiger partial charge on any atom is -0.396 e. The molecule has 1 aromatic rings. The van der Waals surface area contributed by atoms with Gasteiger partial charge in [-0.15, -0.1) is 0 Å². The molecule has 0 radical (unpaired) electrons. The fourth-order valence-corrected chi connectivity index (χ4v) is 3.15. The Morgan fingerprint density at radius 2 is 1.85 bits per heavy atom. The first kappa shape index (κ1) is 20.6. The molecule has 2 rings (SSSR count). The standard InChI is InChI=1S/C20H27N3O4/c1-4-8-16(23-27-5-2)19-17(24)11-14(12-18(19)25)21-20(26)22-15-10-7-6-9-13(15)3/h6-7,9-10,14,19H,4-5,8,11-12H2,1-3H3,(H2,21,22,26)/b23-16+. The number of oxime groups is 1. The molecule has 1 aromatic carbocycles. The summed E-state index contributed by atoms with van der Waals surface area (Å²) >= 11 is 0. The van der Waals surface area contributed by atoms with Crippen LogP contribution in [0.25, 0.3) is 0 Å². The molecular formula is C20H27N3O4. The molecular weight excluding hydrogens is 346 g/mol. The highest BCUT2D eigenvalue weighted by molar-refractivity contribution is 6.22. The van der Waals surface area contributed by atoms with E-state index in [2.05, 4.69) is 15.8 Å². The van der Waals surface area contributed by atoms with E-state index in [1.54, 1.807) is 13.0 Å². The van der Waals surface area contributed by atoms with E-state index in [9.17, 15) is 14.4 Å². The molecule has 1 fully saturated rings. The van der Waals surface area contributed by atoms with Gasteiger partial charge < -0.3 is 15.5 Å². The number of urea groups is 1. The Morgan fingerprint density at radius 1 is 1.19 bits per heavy atom. The van der Waals surface area contributed by atoms with Crippen molar-refractivity contribution in [3.8, 4) is 0 Å². The van der Waals surface area contributed by atoms with Gasteiger partial charge in [-0.2, -0.15) is 0 Å². The lowest BCUT2D eigenvalue weighted by Crippen LogP contribution is -2.48. The van der Waals surface area contributed by atoms with Gasteiger partial charge in [0.2, 0.25) is 0 Å². The smallest absolute Gasteiger partial charge is 0.319 e. The Morgan fingerprint density at radius 3 is 2.44 bits per heavy atom. The lowest BCUT2D eigenvalue weighted by atomic mass is 9.80. The van der Waals surface area contributed by atoms with E-state index < -0.39 is 18.0 Å². The van der Waals surface area contributed by atoms with Crippen molar-refractivity contribution in [2.45, 2.75) is 52.5 Å². The van der Waals surface area contributed by atoms with Gasteiger partial charge >= 0.3 is 6.03 Å². The first-order chi connectivity index (χ1) is 13.0. The number of carbonyl (C=O) groups excluding carboxylic acids is 3. The Bertz CT molecular complexity index is 712. The van der Waals surface area contributed by atoms with Crippen LogP contribution < -0.4 is 10.6 Å². The first-order valence-electron chi connectivity index (χ1n) is 9.33. The molecule has 1 aliphatic carbocycles. The average molecular weight is 373 g/mol. The fraction of sp³-hybridized carbons (Fsp3) is 0.500. The number of amides is 2. The topological polar surface area (TPSA) is 96.9 Å². The molecule has 7 nitrogen and oxygen atoms in total. The van der Waals surface area contributed by atoms with Crippen LogP contribution in [0.4, 0.5) is 10.5 Å². The van der Waals surface area contributed by atoms with Crippen molar-refractivity contribution < 1.29 is 19.2 Å². The van der Waals surface area contributed by atoms with Gasteiger partial charge in [0.05, 0.1) is 5.71 Å². The molecule has 27 heavy (non-hydrogen) atoms. The monoisotopic (exact) mass is 373 g/mol. The van der Waals surface area contributed by atoms with Crippen molar-refractivity contribution in [1.82, 2.24) is 5.32 Å². The van der Waals surface area contributed by atoms with E-state index in [0.717, 1.165) is 12.0 Å². The van der Waals surface area contributed by atoms with E-state index in [4.69, 9.17) is 4.84 Å². The van der Waals surface area contributed by atoms with Crippen molar-refractivity contribution in [1.29, 1.82) is 0 Å². The maximum atomic E-state index is 12.6. The Kier molecular flexibility index (Phi) is 7.52. The molecule has 1 aliphatic rings. The van der Waals surface area contributed by atoms with Crippen molar-refractivity contribution in [2.75, 3.05) is 11.9 Å². The first-order valence-corrected chi connectivity index (χ1v) is 9.33. The third kappa shape index (κ3) is 5.64. The molecule has 0 aromatic heterocycles. The number of Topliss-reactive ketones (excluding diaryl/α,β-unsaturated/α-hetero) is 2. The second kappa shape index (κ2) is 9.85. The predicted molar refractivity (Wildman–Crippen MR) is 104 cm³/mol. The second-order valence-corrected chi connectivity index (χ2v) is 6.63. The molecule has 0 spiro atoms. The molecule has 0 aliphatic heterocycles. The van der Waals surface area contributed by atoms with Crippen LogP contribution in [0.5, 0.6) is 0 Å². The summed E-state index contributed by atoms with van der Waals surface area (Å²) in [4.78, 5) is 42.4. The van der Waals surface area contributed by atoms with Crippen LogP contribution >= 0.6 is 0 Å². The van der Waals surface area contributed by atoms with E-state index in [1.165, 1.54) is 0 Å². The van der Waals surface area contributed by atoms with Gasteiger partial charge in [-0.3, -0.25) is 9.59 Å². The molecule has 2 N–H and O–H groups in total. The second-order valence-electron chi connectivity index (χ2n) is 6.63. The van der Waals surface area contributed by atoms with Crippen LogP contribution in [0.15, 0.2) is 29.4 Å². The summed E-state index contributed by atoms with van der Waals surface area (Å²) in [6.45, 7) is 6.02. The van der Waals surface area contributed by atoms with E-state index in [1.807, 2.05) is 32.0 Å². The molecule has 0 saturated heterocycles. The van der Waals surface area contributed by atoms with Crippen molar-refractivity contribution in [3.63, 3.8) is 0 Å². The van der Waals surface area contributed by atoms with Crippen molar-refractivity contribution in [3.05, 3.63) is 29.8 Å². The Balaban J connectivity index is 1.99. The number of nitrogens with one attached hydrogen (secondary N) is 2. The van der Waals surface area contributed by atoms with Crippen LogP contribution in [-0.4, -0.2) is 36.0 Å². The maximum Gasteiger partial charge on any atom is 0.319 e. The number of ketones is 2. The highest BCUT2D eigenvalue weighted by Gasteiger charge is 2.39. The van der Waals surface area contributed by atoms with Gasteiger partial charge in [0.25, 0.3) is 0 Å². The number of benzene rings is 1. The summed E-state index contributed by atoms with van der Waals surface area (Å²) in [5.41, 5.74) is 2.10. The molecule has 2 amide bonds. The number of rotatable bonds is 7. The van der Waals surface area contributed by atoms with E-state index >= 15 is 0 Å². The number of aryl methyl sites for hydroxylation is 1.